The van der Waals surface area contributed by atoms with Crippen LogP contribution < -0.4 is 10.0 Å². The quantitative estimate of drug-likeness (QED) is 0.874. The van der Waals surface area contributed by atoms with Gasteiger partial charge in [-0.2, -0.15) is 0 Å². The van der Waals surface area contributed by atoms with Crippen molar-refractivity contribution in [2.45, 2.75) is 45.1 Å². The van der Waals surface area contributed by atoms with Crippen LogP contribution in [-0.2, 0) is 10.0 Å². The highest BCUT2D eigenvalue weighted by molar-refractivity contribution is 7.92. The Morgan fingerprint density at radius 2 is 1.68 bits per heavy atom. The Labute approximate surface area is 149 Å². The number of nitrogens with one attached hydrogen (secondary N) is 2. The van der Waals surface area contributed by atoms with Crippen molar-refractivity contribution in [1.82, 2.24) is 5.32 Å². The van der Waals surface area contributed by atoms with E-state index in [1.165, 1.54) is 6.07 Å². The van der Waals surface area contributed by atoms with E-state index in [1.807, 2.05) is 33.8 Å². The number of rotatable bonds is 4. The third-order valence-corrected chi connectivity index (χ3v) is 5.02. The molecule has 0 bridgehead atoms. The Morgan fingerprint density at radius 1 is 1.00 bits per heavy atom. The smallest absolute Gasteiger partial charge is 0.262 e. The molecule has 0 saturated heterocycles. The van der Waals surface area contributed by atoms with Crippen molar-refractivity contribution in [3.05, 3.63) is 59.2 Å². The number of amides is 1. The molecular formula is C19H24N2O3S. The Bertz CT molecular complexity index is 897. The van der Waals surface area contributed by atoms with Crippen LogP contribution in [0.3, 0.4) is 0 Å². The second-order valence-corrected chi connectivity index (χ2v) is 8.81. The first kappa shape index (κ1) is 19.0. The highest BCUT2D eigenvalue weighted by atomic mass is 32.2. The maximum Gasteiger partial charge on any atom is 0.262 e. The molecule has 0 aromatic heterocycles. The lowest BCUT2D eigenvalue weighted by atomic mass is 10.1. The molecule has 0 unspecified atom stereocenters. The molecule has 0 atom stereocenters. The number of anilines is 1. The first-order valence-electron chi connectivity index (χ1n) is 8.01. The van der Waals surface area contributed by atoms with Gasteiger partial charge in [-0.15, -0.1) is 0 Å². The average molecular weight is 360 g/mol. The summed E-state index contributed by atoms with van der Waals surface area (Å²) in [7, 11) is -3.79. The minimum atomic E-state index is -3.79. The number of benzene rings is 2. The fraction of sp³-hybridized carbons (Fsp3) is 0.316. The van der Waals surface area contributed by atoms with E-state index in [0.717, 1.165) is 5.56 Å². The number of carbonyl (C=O) groups excluding carboxylic acids is 1. The van der Waals surface area contributed by atoms with E-state index in [-0.39, 0.29) is 10.8 Å². The molecule has 0 fully saturated rings. The second kappa shape index (κ2) is 6.88. The van der Waals surface area contributed by atoms with Crippen molar-refractivity contribution < 1.29 is 13.2 Å². The van der Waals surface area contributed by atoms with Crippen LogP contribution in [0.25, 0.3) is 0 Å². The van der Waals surface area contributed by atoms with Gasteiger partial charge in [-0.25, -0.2) is 8.42 Å². The topological polar surface area (TPSA) is 75.3 Å². The fourth-order valence-electron chi connectivity index (χ4n) is 2.36. The summed E-state index contributed by atoms with van der Waals surface area (Å²) >= 11 is 0. The molecular weight excluding hydrogens is 336 g/mol. The lowest BCUT2D eigenvalue weighted by Crippen LogP contribution is -2.40. The van der Waals surface area contributed by atoms with Crippen molar-refractivity contribution in [1.29, 1.82) is 0 Å². The summed E-state index contributed by atoms with van der Waals surface area (Å²) < 4.78 is 28.1. The monoisotopic (exact) mass is 360 g/mol. The molecule has 25 heavy (non-hydrogen) atoms. The molecule has 1 amide bonds. The summed E-state index contributed by atoms with van der Waals surface area (Å²) in [6.45, 7) is 9.21. The minimum absolute atomic E-state index is 0.0931. The van der Waals surface area contributed by atoms with Crippen LogP contribution in [0, 0.1) is 13.8 Å². The third-order valence-electron chi connectivity index (χ3n) is 3.50. The van der Waals surface area contributed by atoms with Crippen LogP contribution >= 0.6 is 0 Å². The zero-order valence-electron chi connectivity index (χ0n) is 15.2. The van der Waals surface area contributed by atoms with Crippen molar-refractivity contribution >= 4 is 21.6 Å². The van der Waals surface area contributed by atoms with E-state index in [9.17, 15) is 13.2 Å². The third kappa shape index (κ3) is 5.06. The van der Waals surface area contributed by atoms with Gasteiger partial charge < -0.3 is 5.32 Å². The lowest BCUT2D eigenvalue weighted by molar-refractivity contribution is 0.0919. The number of sulfonamides is 1. The van der Waals surface area contributed by atoms with Gasteiger partial charge in [0.15, 0.2) is 0 Å². The van der Waals surface area contributed by atoms with Crippen LogP contribution in [0.1, 0.15) is 42.3 Å². The number of aryl methyl sites for hydroxylation is 2. The van der Waals surface area contributed by atoms with Crippen LogP contribution in [-0.4, -0.2) is 19.9 Å². The van der Waals surface area contributed by atoms with Gasteiger partial charge in [0.25, 0.3) is 15.9 Å². The molecule has 134 valence electrons. The van der Waals surface area contributed by atoms with E-state index in [1.54, 1.807) is 37.3 Å². The predicted molar refractivity (Wildman–Crippen MR) is 100 cm³/mol. The van der Waals surface area contributed by atoms with Gasteiger partial charge in [-0.05, 0) is 70.0 Å². The summed E-state index contributed by atoms with van der Waals surface area (Å²) in [4.78, 5) is 12.4. The Balaban J connectivity index is 2.37. The second-order valence-electron chi connectivity index (χ2n) is 7.16. The van der Waals surface area contributed by atoms with Crippen LogP contribution in [0.5, 0.6) is 0 Å². The van der Waals surface area contributed by atoms with Crippen molar-refractivity contribution in [2.75, 3.05) is 4.72 Å². The summed E-state index contributed by atoms with van der Waals surface area (Å²) in [5.74, 6) is -0.306. The SMILES string of the molecule is Cc1cccc(NS(=O)(=O)c2cc(C(=O)NC(C)(C)C)ccc2C)c1. The van der Waals surface area contributed by atoms with Crippen LogP contribution in [0.4, 0.5) is 5.69 Å². The number of hydrogen-bond donors (Lipinski definition) is 2. The highest BCUT2D eigenvalue weighted by Gasteiger charge is 2.21. The first-order valence-corrected chi connectivity index (χ1v) is 9.49. The molecule has 0 aliphatic heterocycles. The maximum absolute atomic E-state index is 12.8. The largest absolute Gasteiger partial charge is 0.347 e. The van der Waals surface area contributed by atoms with E-state index in [2.05, 4.69) is 10.0 Å². The Morgan fingerprint density at radius 3 is 2.28 bits per heavy atom. The predicted octanol–water partition coefficient (Wildman–Crippen LogP) is 3.63. The molecule has 0 aliphatic carbocycles. The van der Waals surface area contributed by atoms with Gasteiger partial charge in [0.2, 0.25) is 0 Å². The fourth-order valence-corrected chi connectivity index (χ4v) is 3.68. The van der Waals surface area contributed by atoms with Crippen LogP contribution in [0.15, 0.2) is 47.4 Å². The first-order chi connectivity index (χ1) is 11.5. The molecule has 0 radical (unpaired) electrons. The summed E-state index contributed by atoms with van der Waals surface area (Å²) in [5.41, 5.74) is 1.93. The van der Waals surface area contributed by atoms with E-state index in [0.29, 0.717) is 16.8 Å². The molecule has 0 heterocycles. The number of carbonyl (C=O) groups is 1. The molecule has 0 aliphatic rings. The Kier molecular flexibility index (Phi) is 5.23. The van der Waals surface area contributed by atoms with Gasteiger partial charge >= 0.3 is 0 Å². The van der Waals surface area contributed by atoms with E-state index < -0.39 is 15.6 Å². The summed E-state index contributed by atoms with van der Waals surface area (Å²) in [6, 6.07) is 11.8. The normalized spacial score (nSPS) is 11.9. The molecule has 2 rings (SSSR count). The summed E-state index contributed by atoms with van der Waals surface area (Å²) in [5, 5.41) is 2.84. The van der Waals surface area contributed by atoms with Crippen molar-refractivity contribution in [2.24, 2.45) is 0 Å². The van der Waals surface area contributed by atoms with E-state index >= 15 is 0 Å². The zero-order chi connectivity index (χ0) is 18.8. The average Bonchev–Trinajstić information content (AvgIpc) is 2.45. The maximum atomic E-state index is 12.8. The minimum Gasteiger partial charge on any atom is -0.347 e. The lowest BCUT2D eigenvalue weighted by Gasteiger charge is -2.21. The standard InChI is InChI=1S/C19H24N2O3S/c1-13-7-6-8-16(11-13)21-25(23,24)17-12-15(10-9-14(17)2)18(22)20-19(3,4)5/h6-12,21H,1-5H3,(H,20,22). The van der Waals surface area contributed by atoms with Crippen molar-refractivity contribution in [3.63, 3.8) is 0 Å². The molecule has 0 saturated carbocycles. The Hall–Kier alpha value is -2.34. The van der Waals surface area contributed by atoms with E-state index in [4.69, 9.17) is 0 Å². The molecule has 6 heteroatoms. The zero-order valence-corrected chi connectivity index (χ0v) is 16.0. The molecule has 2 aromatic carbocycles. The van der Waals surface area contributed by atoms with Gasteiger partial charge in [0.1, 0.15) is 0 Å². The molecule has 2 aromatic rings. The van der Waals surface area contributed by atoms with Gasteiger partial charge in [-0.1, -0.05) is 18.2 Å². The molecule has 2 N–H and O–H groups in total. The van der Waals surface area contributed by atoms with Crippen molar-refractivity contribution in [3.8, 4) is 0 Å². The summed E-state index contributed by atoms with van der Waals surface area (Å²) in [6.07, 6.45) is 0. The molecule has 5 nitrogen and oxygen atoms in total. The van der Waals surface area contributed by atoms with Gasteiger partial charge in [-0.3, -0.25) is 9.52 Å². The number of hydrogen-bond acceptors (Lipinski definition) is 3. The van der Waals surface area contributed by atoms with Crippen LogP contribution in [0.2, 0.25) is 0 Å². The highest BCUT2D eigenvalue weighted by Crippen LogP contribution is 2.21. The van der Waals surface area contributed by atoms with Gasteiger partial charge in [0, 0.05) is 16.8 Å². The molecule has 0 spiro atoms. The van der Waals surface area contributed by atoms with Gasteiger partial charge in [0.05, 0.1) is 4.90 Å².